The standard InChI is InChI=1S/C17H18N2O/c20-17(18-10-11-8-9-11)16-12-4-1-2-6-14(12)19-15-7-3-5-13(15)16/h1-2,4,6,11H,3,5,7-10H2,(H,18,20). The molecule has 1 aromatic carbocycles. The van der Waals surface area contributed by atoms with Gasteiger partial charge in [0.1, 0.15) is 0 Å². The van der Waals surface area contributed by atoms with Gasteiger partial charge in [0.2, 0.25) is 0 Å². The van der Waals surface area contributed by atoms with Gasteiger partial charge in [0.05, 0.1) is 11.1 Å². The van der Waals surface area contributed by atoms with Gasteiger partial charge >= 0.3 is 0 Å². The molecule has 2 aromatic rings. The molecule has 2 aliphatic rings. The number of benzene rings is 1. The van der Waals surface area contributed by atoms with Crippen molar-refractivity contribution in [2.24, 2.45) is 5.92 Å². The number of pyridine rings is 1. The highest BCUT2D eigenvalue weighted by molar-refractivity contribution is 6.07. The minimum Gasteiger partial charge on any atom is -0.352 e. The number of carbonyl (C=O) groups is 1. The Morgan fingerprint density at radius 1 is 1.25 bits per heavy atom. The Kier molecular flexibility index (Phi) is 2.72. The minimum absolute atomic E-state index is 0.0913. The number of para-hydroxylation sites is 1. The van der Waals surface area contributed by atoms with E-state index < -0.39 is 0 Å². The van der Waals surface area contributed by atoms with E-state index in [1.54, 1.807) is 0 Å². The summed E-state index contributed by atoms with van der Waals surface area (Å²) in [7, 11) is 0. The monoisotopic (exact) mass is 266 g/mol. The number of fused-ring (bicyclic) bond motifs is 2. The molecule has 0 saturated heterocycles. The van der Waals surface area contributed by atoms with Gasteiger partial charge in [-0.25, -0.2) is 0 Å². The number of hydrogen-bond acceptors (Lipinski definition) is 2. The lowest BCUT2D eigenvalue weighted by Gasteiger charge is -2.12. The van der Waals surface area contributed by atoms with Crippen LogP contribution in [-0.2, 0) is 12.8 Å². The maximum atomic E-state index is 12.6. The van der Waals surface area contributed by atoms with Gasteiger partial charge in [-0.15, -0.1) is 0 Å². The largest absolute Gasteiger partial charge is 0.352 e. The third-order valence-electron chi connectivity index (χ3n) is 4.39. The van der Waals surface area contributed by atoms with E-state index in [1.165, 1.54) is 18.4 Å². The number of hydrogen-bond donors (Lipinski definition) is 1. The van der Waals surface area contributed by atoms with Crippen molar-refractivity contribution in [3.05, 3.63) is 41.1 Å². The van der Waals surface area contributed by atoms with E-state index in [4.69, 9.17) is 4.98 Å². The highest BCUT2D eigenvalue weighted by Crippen LogP contribution is 2.31. The first-order valence-electron chi connectivity index (χ1n) is 7.51. The highest BCUT2D eigenvalue weighted by atomic mass is 16.1. The van der Waals surface area contributed by atoms with Crippen molar-refractivity contribution in [3.8, 4) is 0 Å². The molecule has 1 saturated carbocycles. The van der Waals surface area contributed by atoms with Gasteiger partial charge in [-0.3, -0.25) is 9.78 Å². The number of aromatic nitrogens is 1. The molecular formula is C17H18N2O. The summed E-state index contributed by atoms with van der Waals surface area (Å²) in [5, 5.41) is 4.12. The Morgan fingerprint density at radius 3 is 2.95 bits per heavy atom. The SMILES string of the molecule is O=C(NCC1CC1)c1c2c(nc3ccccc13)CCC2. The molecule has 1 fully saturated rings. The molecule has 0 spiro atoms. The number of nitrogens with zero attached hydrogens (tertiary/aromatic N) is 1. The van der Waals surface area contributed by atoms with Gasteiger partial charge < -0.3 is 5.32 Å². The summed E-state index contributed by atoms with van der Waals surface area (Å²) in [6, 6.07) is 8.00. The summed E-state index contributed by atoms with van der Waals surface area (Å²) >= 11 is 0. The molecule has 0 unspecified atom stereocenters. The van der Waals surface area contributed by atoms with E-state index in [9.17, 15) is 4.79 Å². The molecule has 4 rings (SSSR count). The molecule has 3 nitrogen and oxygen atoms in total. The average Bonchev–Trinajstić information content (AvgIpc) is 3.19. The fourth-order valence-electron chi connectivity index (χ4n) is 3.12. The van der Waals surface area contributed by atoms with Crippen LogP contribution in [0.25, 0.3) is 10.9 Å². The van der Waals surface area contributed by atoms with Crippen LogP contribution in [0.3, 0.4) is 0 Å². The first-order valence-corrected chi connectivity index (χ1v) is 7.51. The Bertz CT molecular complexity index is 689. The fourth-order valence-corrected chi connectivity index (χ4v) is 3.12. The molecule has 1 amide bonds. The van der Waals surface area contributed by atoms with Crippen LogP contribution < -0.4 is 5.32 Å². The zero-order valence-corrected chi connectivity index (χ0v) is 11.5. The highest BCUT2D eigenvalue weighted by Gasteiger charge is 2.26. The molecule has 0 bridgehead atoms. The molecular weight excluding hydrogens is 248 g/mol. The van der Waals surface area contributed by atoms with Gasteiger partial charge in [-0.2, -0.15) is 0 Å². The van der Waals surface area contributed by atoms with E-state index in [0.717, 1.165) is 48.0 Å². The lowest BCUT2D eigenvalue weighted by molar-refractivity contribution is 0.0952. The zero-order valence-electron chi connectivity index (χ0n) is 11.5. The third kappa shape index (κ3) is 1.98. The quantitative estimate of drug-likeness (QED) is 0.928. The second-order valence-corrected chi connectivity index (χ2v) is 5.94. The molecule has 1 heterocycles. The number of carbonyl (C=O) groups excluding carboxylic acids is 1. The summed E-state index contributed by atoms with van der Waals surface area (Å²) in [5.74, 6) is 0.800. The van der Waals surface area contributed by atoms with Gasteiger partial charge in [0, 0.05) is 17.6 Å². The first-order chi connectivity index (χ1) is 9.83. The average molecular weight is 266 g/mol. The second kappa shape index (κ2) is 4.58. The van der Waals surface area contributed by atoms with Gasteiger partial charge in [-0.05, 0) is 49.7 Å². The van der Waals surface area contributed by atoms with Crippen LogP contribution in [-0.4, -0.2) is 17.4 Å². The van der Waals surface area contributed by atoms with Crippen LogP contribution in [0.2, 0.25) is 0 Å². The van der Waals surface area contributed by atoms with Gasteiger partial charge in [0.15, 0.2) is 0 Å². The van der Waals surface area contributed by atoms with E-state index in [1.807, 2.05) is 24.3 Å². The van der Waals surface area contributed by atoms with Crippen LogP contribution in [0, 0.1) is 5.92 Å². The van der Waals surface area contributed by atoms with E-state index >= 15 is 0 Å². The maximum Gasteiger partial charge on any atom is 0.252 e. The van der Waals surface area contributed by atoms with Gasteiger partial charge in [0.25, 0.3) is 5.91 Å². The number of nitrogens with one attached hydrogen (secondary N) is 1. The minimum atomic E-state index is 0.0913. The number of amides is 1. The summed E-state index contributed by atoms with van der Waals surface area (Å²) in [6.45, 7) is 0.824. The van der Waals surface area contributed by atoms with E-state index in [0.29, 0.717) is 5.92 Å². The number of rotatable bonds is 3. The molecule has 1 aromatic heterocycles. The lowest BCUT2D eigenvalue weighted by atomic mass is 10.0. The molecule has 102 valence electrons. The van der Waals surface area contributed by atoms with Crippen LogP contribution in [0.5, 0.6) is 0 Å². The Hall–Kier alpha value is -1.90. The molecule has 0 aliphatic heterocycles. The topological polar surface area (TPSA) is 42.0 Å². The third-order valence-corrected chi connectivity index (χ3v) is 4.39. The summed E-state index contributed by atoms with van der Waals surface area (Å²) < 4.78 is 0. The zero-order chi connectivity index (χ0) is 13.5. The van der Waals surface area contributed by atoms with Crippen molar-refractivity contribution in [2.75, 3.05) is 6.54 Å². The van der Waals surface area contributed by atoms with Crippen molar-refractivity contribution < 1.29 is 4.79 Å². The normalized spacial score (nSPS) is 17.2. The molecule has 3 heteroatoms. The summed E-state index contributed by atoms with van der Waals surface area (Å²) in [4.78, 5) is 17.3. The van der Waals surface area contributed by atoms with Gasteiger partial charge in [-0.1, -0.05) is 18.2 Å². The van der Waals surface area contributed by atoms with E-state index in [2.05, 4.69) is 5.32 Å². The Morgan fingerprint density at radius 2 is 2.10 bits per heavy atom. The molecule has 1 N–H and O–H groups in total. The lowest BCUT2D eigenvalue weighted by Crippen LogP contribution is -2.27. The summed E-state index contributed by atoms with van der Waals surface area (Å²) in [5.41, 5.74) is 4.13. The number of aryl methyl sites for hydroxylation is 1. The van der Waals surface area contributed by atoms with Crippen molar-refractivity contribution in [2.45, 2.75) is 32.1 Å². The van der Waals surface area contributed by atoms with Crippen molar-refractivity contribution in [1.82, 2.24) is 10.3 Å². The predicted molar refractivity (Wildman–Crippen MR) is 78.8 cm³/mol. The Labute approximate surface area is 118 Å². The van der Waals surface area contributed by atoms with Crippen LogP contribution >= 0.6 is 0 Å². The molecule has 0 radical (unpaired) electrons. The van der Waals surface area contributed by atoms with Crippen molar-refractivity contribution >= 4 is 16.8 Å². The predicted octanol–water partition coefficient (Wildman–Crippen LogP) is 2.86. The fraction of sp³-hybridized carbons (Fsp3) is 0.412. The second-order valence-electron chi connectivity index (χ2n) is 5.94. The molecule has 2 aliphatic carbocycles. The van der Waals surface area contributed by atoms with Crippen LogP contribution in [0.1, 0.15) is 40.9 Å². The maximum absolute atomic E-state index is 12.6. The summed E-state index contributed by atoms with van der Waals surface area (Å²) in [6.07, 6.45) is 5.62. The molecule has 0 atom stereocenters. The van der Waals surface area contributed by atoms with Crippen molar-refractivity contribution in [1.29, 1.82) is 0 Å². The van der Waals surface area contributed by atoms with E-state index in [-0.39, 0.29) is 5.91 Å². The Balaban J connectivity index is 1.80. The first kappa shape index (κ1) is 11.9. The smallest absolute Gasteiger partial charge is 0.252 e. The molecule has 20 heavy (non-hydrogen) atoms. The van der Waals surface area contributed by atoms with Crippen LogP contribution in [0.15, 0.2) is 24.3 Å². The van der Waals surface area contributed by atoms with Crippen LogP contribution in [0.4, 0.5) is 0 Å². The van der Waals surface area contributed by atoms with Crippen molar-refractivity contribution in [3.63, 3.8) is 0 Å².